The molecule has 0 aromatic rings. The van der Waals surface area contributed by atoms with Crippen LogP contribution in [0.15, 0.2) is 23.8 Å². The number of hydrogen-bond acceptors (Lipinski definition) is 4. The van der Waals surface area contributed by atoms with E-state index < -0.39 is 8.32 Å². The Morgan fingerprint density at radius 3 is 2.37 bits per heavy atom. The van der Waals surface area contributed by atoms with Crippen molar-refractivity contribution in [3.8, 4) is 0 Å². The van der Waals surface area contributed by atoms with E-state index >= 15 is 0 Å². The van der Waals surface area contributed by atoms with Crippen molar-refractivity contribution in [1.29, 1.82) is 0 Å². The lowest BCUT2D eigenvalue weighted by Crippen LogP contribution is -2.67. The van der Waals surface area contributed by atoms with E-state index in [1.54, 1.807) is 7.11 Å². The maximum absolute atomic E-state index is 13.3. The molecule has 5 rings (SSSR count). The van der Waals surface area contributed by atoms with Crippen LogP contribution in [0.4, 0.5) is 0 Å². The van der Waals surface area contributed by atoms with Crippen LogP contribution in [-0.2, 0) is 18.7 Å². The Hall–Kier alpha value is -0.753. The third kappa shape index (κ3) is 4.08. The van der Waals surface area contributed by atoms with Crippen LogP contribution >= 0.6 is 0 Å². The highest BCUT2D eigenvalue weighted by Gasteiger charge is 2.67. The molecule has 1 unspecified atom stereocenters. The zero-order valence-corrected chi connectivity index (χ0v) is 24.7. The summed E-state index contributed by atoms with van der Waals surface area (Å²) in [6.07, 6.45) is 5.79. The summed E-state index contributed by atoms with van der Waals surface area (Å²) in [5.41, 5.74) is 3.80. The van der Waals surface area contributed by atoms with E-state index in [1.165, 1.54) is 11.1 Å². The molecule has 0 amide bonds. The third-order valence-corrected chi connectivity index (χ3v) is 16.6. The first kappa shape index (κ1) is 27.3. The van der Waals surface area contributed by atoms with E-state index in [0.29, 0.717) is 53.2 Å². The zero-order valence-electron chi connectivity index (χ0n) is 23.7. The predicted octanol–water partition coefficient (Wildman–Crippen LogP) is 7.31. The highest BCUT2D eigenvalue weighted by Crippen LogP contribution is 2.64. The van der Waals surface area contributed by atoms with Crippen molar-refractivity contribution in [2.45, 2.75) is 110 Å². The minimum atomic E-state index is -2.00. The number of methoxy groups -OCH3 is 1. The summed E-state index contributed by atoms with van der Waals surface area (Å²) in [4.78, 5) is 13.3. The van der Waals surface area contributed by atoms with Crippen LogP contribution in [0.2, 0.25) is 16.6 Å². The number of hydrogen-bond donors (Lipinski definition) is 0. The van der Waals surface area contributed by atoms with Gasteiger partial charge in [0.1, 0.15) is 5.78 Å². The van der Waals surface area contributed by atoms with Crippen molar-refractivity contribution in [3.63, 3.8) is 0 Å². The van der Waals surface area contributed by atoms with Crippen LogP contribution in [0.5, 0.6) is 0 Å². The lowest BCUT2D eigenvalue weighted by molar-refractivity contribution is -0.344. The molecule has 8 atom stereocenters. The molecule has 5 heteroatoms. The molecule has 0 aromatic carbocycles. The molecular formula is C30H50O4Si. The largest absolute Gasteiger partial charge is 0.412 e. The predicted molar refractivity (Wildman–Crippen MR) is 145 cm³/mol. The van der Waals surface area contributed by atoms with Crippen molar-refractivity contribution in [3.05, 3.63) is 23.8 Å². The number of carbonyl (C=O) groups excluding carboxylic acids is 1. The third-order valence-electron chi connectivity index (χ3n) is 10.5. The molecule has 4 nitrogen and oxygen atoms in total. The average Bonchev–Trinajstić information content (AvgIpc) is 3.06. The molecule has 3 aliphatic carbocycles. The minimum absolute atomic E-state index is 0.0310. The molecule has 35 heavy (non-hydrogen) atoms. The average molecular weight is 503 g/mol. The monoisotopic (exact) mass is 502 g/mol. The van der Waals surface area contributed by atoms with Gasteiger partial charge >= 0.3 is 0 Å². The smallest absolute Gasteiger partial charge is 0.200 e. The Morgan fingerprint density at radius 2 is 1.83 bits per heavy atom. The maximum Gasteiger partial charge on any atom is 0.200 e. The van der Waals surface area contributed by atoms with Crippen molar-refractivity contribution >= 4 is 14.1 Å². The molecular weight excluding hydrogens is 452 g/mol. The summed E-state index contributed by atoms with van der Waals surface area (Å²) in [6, 6.07) is 0. The fourth-order valence-electron chi connectivity index (χ4n) is 9.34. The van der Waals surface area contributed by atoms with Crippen LogP contribution in [-0.4, -0.2) is 39.7 Å². The first-order valence-electron chi connectivity index (χ1n) is 14.1. The Bertz CT molecular complexity index is 839. The molecule has 0 N–H and O–H groups in total. The number of ketones is 1. The first-order chi connectivity index (χ1) is 16.4. The second-order valence-corrected chi connectivity index (χ2v) is 18.6. The van der Waals surface area contributed by atoms with Gasteiger partial charge in [-0.1, -0.05) is 66.7 Å². The van der Waals surface area contributed by atoms with E-state index in [1.807, 2.05) is 0 Å². The van der Waals surface area contributed by atoms with Gasteiger partial charge in [-0.2, -0.15) is 0 Å². The maximum atomic E-state index is 13.3. The highest BCUT2D eigenvalue weighted by molar-refractivity contribution is 6.77. The minimum Gasteiger partial charge on any atom is -0.412 e. The van der Waals surface area contributed by atoms with Crippen LogP contribution < -0.4 is 0 Å². The molecule has 1 spiro atoms. The summed E-state index contributed by atoms with van der Waals surface area (Å²) in [6.45, 7) is 23.7. The van der Waals surface area contributed by atoms with Crippen LogP contribution in [0.1, 0.15) is 81.1 Å². The Kier molecular flexibility index (Phi) is 7.68. The van der Waals surface area contributed by atoms with Crippen molar-refractivity contribution in [1.82, 2.24) is 0 Å². The van der Waals surface area contributed by atoms with Gasteiger partial charge in [0.25, 0.3) is 0 Å². The number of rotatable bonds is 8. The first-order valence-corrected chi connectivity index (χ1v) is 16.3. The normalized spacial score (nSPS) is 39.1. The number of carbonyl (C=O) groups is 1. The van der Waals surface area contributed by atoms with Gasteiger partial charge in [0.05, 0.1) is 12.2 Å². The van der Waals surface area contributed by atoms with E-state index in [0.717, 1.165) is 19.3 Å². The Balaban J connectivity index is 1.78. The van der Waals surface area contributed by atoms with Crippen molar-refractivity contribution in [2.24, 2.45) is 35.5 Å². The summed E-state index contributed by atoms with van der Waals surface area (Å²) in [5.74, 6) is 1.94. The standard InChI is InChI=1S/C30H50O4Si/c1-17(2)28-24-13-21(9)30(34-29(24)32-10)25-11-12-27(31)23(25)14-22(15-26(28)30)16-33-35(18(3)4,19(5)6)20(7)8/h15,18-21,23-26,28-29H,1,11-14,16H2,2-10H3/t21-,23-,24-,25-,26+,28-,29?,30+/m1/s1. The van der Waals surface area contributed by atoms with Crippen molar-refractivity contribution in [2.75, 3.05) is 13.7 Å². The Labute approximate surface area is 215 Å². The van der Waals surface area contributed by atoms with Crippen LogP contribution in [0.3, 0.4) is 0 Å². The molecule has 2 aliphatic heterocycles. The van der Waals surface area contributed by atoms with E-state index in [-0.39, 0.29) is 29.6 Å². The van der Waals surface area contributed by atoms with E-state index in [2.05, 4.69) is 68.0 Å². The summed E-state index contributed by atoms with van der Waals surface area (Å²) >= 11 is 0. The fourth-order valence-corrected chi connectivity index (χ4v) is 14.8. The SMILES string of the molecule is C=C(C)[C@@H]1[C@H]2C[C@@H](C)[C@]3(OC2OC)[C@@H]2CCC(=O)[C@@H]2CC(CO[Si](C(C)C)(C(C)C)C(C)C)=C[C@@H]13. The van der Waals surface area contributed by atoms with Gasteiger partial charge in [0, 0.05) is 31.3 Å². The number of Topliss-reactive ketones (excluding diaryl/α,β-unsaturated/α-hetero) is 1. The molecule has 0 aromatic heterocycles. The molecule has 5 aliphatic rings. The van der Waals surface area contributed by atoms with Gasteiger partial charge in [-0.15, -0.1) is 0 Å². The summed E-state index contributed by atoms with van der Waals surface area (Å²) in [5, 5.41) is 0. The van der Waals surface area contributed by atoms with Crippen LogP contribution in [0.25, 0.3) is 0 Å². The van der Waals surface area contributed by atoms with Gasteiger partial charge in [0.2, 0.25) is 8.32 Å². The topological polar surface area (TPSA) is 44.8 Å². The van der Waals surface area contributed by atoms with Gasteiger partial charge in [-0.05, 0) is 66.1 Å². The van der Waals surface area contributed by atoms with Gasteiger partial charge in [-0.3, -0.25) is 4.79 Å². The second kappa shape index (κ2) is 9.85. The molecule has 0 radical (unpaired) electrons. The van der Waals surface area contributed by atoms with E-state index in [9.17, 15) is 4.79 Å². The quantitative estimate of drug-likeness (QED) is 0.258. The lowest BCUT2D eigenvalue weighted by Gasteiger charge is -2.63. The van der Waals surface area contributed by atoms with E-state index in [4.69, 9.17) is 13.9 Å². The summed E-state index contributed by atoms with van der Waals surface area (Å²) < 4.78 is 20.0. The number of ether oxygens (including phenoxy) is 2. The van der Waals surface area contributed by atoms with Gasteiger partial charge in [0.15, 0.2) is 6.29 Å². The zero-order chi connectivity index (χ0) is 25.9. The molecule has 4 fully saturated rings. The molecule has 198 valence electrons. The molecule has 2 saturated heterocycles. The summed E-state index contributed by atoms with van der Waals surface area (Å²) in [7, 11) is -0.232. The second-order valence-electron chi connectivity index (χ2n) is 13.1. The lowest BCUT2D eigenvalue weighted by atomic mass is 9.51. The fraction of sp³-hybridized carbons (Fsp3) is 0.833. The van der Waals surface area contributed by atoms with Crippen LogP contribution in [0, 0.1) is 35.5 Å². The molecule has 2 heterocycles. The van der Waals surface area contributed by atoms with Gasteiger partial charge in [-0.25, -0.2) is 0 Å². The number of allylic oxidation sites excluding steroid dienone is 1. The number of fused-ring (bicyclic) bond motifs is 3. The Morgan fingerprint density at radius 1 is 1.20 bits per heavy atom. The molecule has 2 saturated carbocycles. The van der Waals surface area contributed by atoms with Gasteiger partial charge < -0.3 is 13.9 Å². The highest BCUT2D eigenvalue weighted by atomic mass is 28.4. The van der Waals surface area contributed by atoms with Crippen molar-refractivity contribution < 1.29 is 18.7 Å². The molecule has 2 bridgehead atoms.